The number of aromatic nitrogens is 3. The van der Waals surface area contributed by atoms with Crippen LogP contribution in [-0.2, 0) is 17.8 Å². The number of fused-ring (bicyclic) bond motifs is 1. The number of aromatic amines is 1. The zero-order valence-corrected chi connectivity index (χ0v) is 18.8. The van der Waals surface area contributed by atoms with E-state index < -0.39 is 0 Å². The average molecular weight is 427 g/mol. The highest BCUT2D eigenvalue weighted by molar-refractivity contribution is 5.86. The van der Waals surface area contributed by atoms with Gasteiger partial charge in [0.1, 0.15) is 0 Å². The Morgan fingerprint density at radius 3 is 2.75 bits per heavy atom. The number of carbonyl (C=O) groups excluding carboxylic acids is 1. The minimum absolute atomic E-state index is 0.280. The van der Waals surface area contributed by atoms with Gasteiger partial charge in [0.15, 0.2) is 0 Å². The molecule has 4 aromatic rings. The maximum atomic E-state index is 12.9. The molecule has 32 heavy (non-hydrogen) atoms. The fraction of sp³-hybridized carbons (Fsp3) is 0.333. The third-order valence-corrected chi connectivity index (χ3v) is 6.83. The number of nitrogens with zero attached hydrogens (tertiary/aromatic N) is 3. The maximum absolute atomic E-state index is 12.9. The molecule has 1 unspecified atom stereocenters. The number of likely N-dealkylation sites (tertiary alicyclic amines) is 1. The molecule has 1 aliphatic heterocycles. The summed E-state index contributed by atoms with van der Waals surface area (Å²) < 4.78 is 2.42. The summed E-state index contributed by atoms with van der Waals surface area (Å²) in [7, 11) is 0. The van der Waals surface area contributed by atoms with Gasteiger partial charge in [-0.1, -0.05) is 36.4 Å². The van der Waals surface area contributed by atoms with Crippen molar-refractivity contribution in [2.45, 2.75) is 45.7 Å². The summed E-state index contributed by atoms with van der Waals surface area (Å²) >= 11 is 0. The highest BCUT2D eigenvalue weighted by Gasteiger charge is 2.32. The number of hydrogen-bond donors (Lipinski definition) is 1. The van der Waals surface area contributed by atoms with Crippen molar-refractivity contribution in [2.75, 3.05) is 6.54 Å². The van der Waals surface area contributed by atoms with E-state index in [1.165, 1.54) is 27.7 Å². The lowest BCUT2D eigenvalue weighted by atomic mass is 10.1. The van der Waals surface area contributed by atoms with E-state index in [9.17, 15) is 4.79 Å². The molecular weight excluding hydrogens is 396 g/mol. The Labute approximate surface area is 189 Å². The predicted octanol–water partition coefficient (Wildman–Crippen LogP) is 5.21. The first-order valence-corrected chi connectivity index (χ1v) is 11.5. The molecule has 1 aliphatic rings. The topological polar surface area (TPSA) is 53.9 Å². The van der Waals surface area contributed by atoms with Crippen LogP contribution in [0.2, 0.25) is 0 Å². The first kappa shape index (κ1) is 20.6. The van der Waals surface area contributed by atoms with Crippen molar-refractivity contribution < 1.29 is 4.79 Å². The van der Waals surface area contributed by atoms with Crippen LogP contribution in [0.15, 0.2) is 67.0 Å². The maximum Gasteiger partial charge on any atom is 0.223 e. The van der Waals surface area contributed by atoms with Gasteiger partial charge in [-0.15, -0.1) is 0 Å². The summed E-state index contributed by atoms with van der Waals surface area (Å²) in [6.07, 6.45) is 6.24. The molecular formula is C27H30N4O. The Morgan fingerprint density at radius 2 is 1.97 bits per heavy atom. The van der Waals surface area contributed by atoms with Gasteiger partial charge < -0.3 is 9.47 Å². The van der Waals surface area contributed by atoms with E-state index in [2.05, 4.69) is 69.9 Å². The van der Waals surface area contributed by atoms with Crippen LogP contribution in [0, 0.1) is 12.8 Å². The molecule has 2 aromatic heterocycles. The first-order valence-electron chi connectivity index (χ1n) is 11.5. The average Bonchev–Trinajstić information content (AvgIpc) is 3.53. The highest BCUT2D eigenvalue weighted by atomic mass is 16.2. The van der Waals surface area contributed by atoms with Gasteiger partial charge in [0.2, 0.25) is 5.91 Å². The minimum Gasteiger partial charge on any atom is -0.345 e. The summed E-state index contributed by atoms with van der Waals surface area (Å²) in [4.78, 5) is 15.0. The van der Waals surface area contributed by atoms with E-state index in [1.807, 2.05) is 30.6 Å². The quantitative estimate of drug-likeness (QED) is 0.460. The zero-order valence-electron chi connectivity index (χ0n) is 18.8. The van der Waals surface area contributed by atoms with Crippen molar-refractivity contribution >= 4 is 16.8 Å². The molecule has 0 aliphatic carbocycles. The van der Waals surface area contributed by atoms with Crippen LogP contribution < -0.4 is 0 Å². The molecule has 1 amide bonds. The Kier molecular flexibility index (Phi) is 5.56. The van der Waals surface area contributed by atoms with E-state index in [0.29, 0.717) is 18.4 Å². The van der Waals surface area contributed by atoms with E-state index in [-0.39, 0.29) is 5.91 Å². The molecule has 0 bridgehead atoms. The van der Waals surface area contributed by atoms with E-state index in [4.69, 9.17) is 0 Å². The summed E-state index contributed by atoms with van der Waals surface area (Å²) in [5.41, 5.74) is 6.04. The van der Waals surface area contributed by atoms with Crippen LogP contribution in [0.4, 0.5) is 0 Å². The molecule has 1 N–H and O–H groups in total. The van der Waals surface area contributed by atoms with Crippen molar-refractivity contribution in [3.05, 3.63) is 78.2 Å². The number of aryl methyl sites for hydroxylation is 2. The highest BCUT2D eigenvalue weighted by Crippen LogP contribution is 2.30. The van der Waals surface area contributed by atoms with Crippen LogP contribution in [-0.4, -0.2) is 38.2 Å². The summed E-state index contributed by atoms with van der Waals surface area (Å²) in [5.74, 6) is 0.760. The smallest absolute Gasteiger partial charge is 0.223 e. The summed E-state index contributed by atoms with van der Waals surface area (Å²) in [6.45, 7) is 6.17. The van der Waals surface area contributed by atoms with Gasteiger partial charge in [-0.3, -0.25) is 9.89 Å². The van der Waals surface area contributed by atoms with Crippen LogP contribution >= 0.6 is 0 Å². The van der Waals surface area contributed by atoms with Crippen LogP contribution in [0.5, 0.6) is 0 Å². The Morgan fingerprint density at radius 1 is 1.12 bits per heavy atom. The fourth-order valence-corrected chi connectivity index (χ4v) is 5.16. The van der Waals surface area contributed by atoms with Crippen molar-refractivity contribution in [1.29, 1.82) is 0 Å². The van der Waals surface area contributed by atoms with Crippen molar-refractivity contribution in [3.8, 4) is 11.1 Å². The molecule has 2 atom stereocenters. The molecule has 2 aromatic carbocycles. The first-order chi connectivity index (χ1) is 15.6. The molecule has 0 spiro atoms. The van der Waals surface area contributed by atoms with Gasteiger partial charge in [0, 0.05) is 53.9 Å². The fourth-order valence-electron chi connectivity index (χ4n) is 5.16. The molecule has 1 fully saturated rings. The van der Waals surface area contributed by atoms with Crippen molar-refractivity contribution in [3.63, 3.8) is 0 Å². The molecule has 0 radical (unpaired) electrons. The van der Waals surface area contributed by atoms with E-state index >= 15 is 0 Å². The lowest BCUT2D eigenvalue weighted by Gasteiger charge is -2.21. The molecule has 5 rings (SSSR count). The van der Waals surface area contributed by atoms with Crippen molar-refractivity contribution in [2.24, 2.45) is 5.92 Å². The Hall–Kier alpha value is -3.34. The normalized spacial score (nSPS) is 18.5. The number of carbonyl (C=O) groups is 1. The van der Waals surface area contributed by atoms with Crippen molar-refractivity contribution in [1.82, 2.24) is 19.7 Å². The third kappa shape index (κ3) is 4.07. The largest absolute Gasteiger partial charge is 0.345 e. The number of rotatable bonds is 6. The number of benzene rings is 2. The molecule has 5 heteroatoms. The van der Waals surface area contributed by atoms with Crippen LogP contribution in [0.3, 0.4) is 0 Å². The van der Waals surface area contributed by atoms with Gasteiger partial charge in [0.25, 0.3) is 0 Å². The van der Waals surface area contributed by atoms with Gasteiger partial charge in [0.05, 0.1) is 6.20 Å². The lowest BCUT2D eigenvalue weighted by molar-refractivity contribution is -0.131. The van der Waals surface area contributed by atoms with E-state index in [0.717, 1.165) is 31.5 Å². The molecule has 0 saturated carbocycles. The van der Waals surface area contributed by atoms with Gasteiger partial charge >= 0.3 is 0 Å². The second kappa shape index (κ2) is 8.65. The molecule has 1 saturated heterocycles. The second-order valence-corrected chi connectivity index (χ2v) is 9.14. The minimum atomic E-state index is 0.280. The van der Waals surface area contributed by atoms with Gasteiger partial charge in [-0.25, -0.2) is 0 Å². The number of hydrogen-bond acceptors (Lipinski definition) is 2. The predicted molar refractivity (Wildman–Crippen MR) is 128 cm³/mol. The monoisotopic (exact) mass is 426 g/mol. The number of nitrogens with one attached hydrogen (secondary N) is 1. The lowest BCUT2D eigenvalue weighted by Crippen LogP contribution is -2.34. The number of amides is 1. The summed E-state index contributed by atoms with van der Waals surface area (Å²) in [5, 5.41) is 8.21. The zero-order chi connectivity index (χ0) is 22.1. The van der Waals surface area contributed by atoms with Crippen LogP contribution in [0.1, 0.15) is 31.0 Å². The second-order valence-electron chi connectivity index (χ2n) is 9.14. The Bertz CT molecular complexity index is 1210. The van der Waals surface area contributed by atoms with Gasteiger partial charge in [-0.2, -0.15) is 5.10 Å². The third-order valence-electron chi connectivity index (χ3n) is 6.83. The molecule has 5 nitrogen and oxygen atoms in total. The summed E-state index contributed by atoms with van der Waals surface area (Å²) in [6, 6.07) is 19.5. The van der Waals surface area contributed by atoms with Gasteiger partial charge in [-0.05, 0) is 61.9 Å². The standard InChI is InChI=1S/C27H30N4O/c1-19-12-22(18-31(19)27(32)11-8-21-6-4-3-5-7-21)17-30-20(2)13-24-14-23(9-10-26(24)30)25-15-28-29-16-25/h3-7,9-10,13-16,19,22H,8,11-12,17-18H2,1-2H3,(H,28,29)/t19-,22?/m1/s1. The Balaban J connectivity index is 1.27. The number of H-pyrrole nitrogens is 1. The van der Waals surface area contributed by atoms with Crippen LogP contribution in [0.25, 0.3) is 22.0 Å². The van der Waals surface area contributed by atoms with E-state index in [1.54, 1.807) is 0 Å². The molecule has 164 valence electrons. The SMILES string of the molecule is Cc1cc2cc(-c3cn[nH]c3)ccc2n1CC1C[C@@H](C)N(C(=O)CCc2ccccc2)C1. The molecule has 3 heterocycles.